The molecule has 0 radical (unpaired) electrons. The van der Waals surface area contributed by atoms with Crippen molar-refractivity contribution in [1.29, 1.82) is 0 Å². The van der Waals surface area contributed by atoms with Gasteiger partial charge in [-0.2, -0.15) is 0 Å². The Labute approximate surface area is 143 Å². The lowest BCUT2D eigenvalue weighted by Crippen LogP contribution is -2.52. The monoisotopic (exact) mass is 350 g/mol. The van der Waals surface area contributed by atoms with Crippen molar-refractivity contribution in [1.82, 2.24) is 19.8 Å². The van der Waals surface area contributed by atoms with Gasteiger partial charge in [-0.1, -0.05) is 0 Å². The van der Waals surface area contributed by atoms with Crippen LogP contribution in [0.15, 0.2) is 15.7 Å². The quantitative estimate of drug-likeness (QED) is 0.678. The van der Waals surface area contributed by atoms with E-state index in [0.29, 0.717) is 64.8 Å². The van der Waals surface area contributed by atoms with E-state index in [1.165, 1.54) is 6.07 Å². The lowest BCUT2D eigenvalue weighted by atomic mass is 9.79. The van der Waals surface area contributed by atoms with Crippen LogP contribution in [-0.2, 0) is 20.8 Å². The molecule has 3 aliphatic heterocycles. The first-order chi connectivity index (χ1) is 12.1. The Morgan fingerprint density at radius 1 is 1.24 bits per heavy atom. The Hall–Kier alpha value is -1.97. The van der Waals surface area contributed by atoms with Gasteiger partial charge in [0.25, 0.3) is 5.56 Å². The van der Waals surface area contributed by atoms with Crippen LogP contribution < -0.4 is 11.2 Å². The van der Waals surface area contributed by atoms with E-state index in [-0.39, 0.29) is 11.8 Å². The summed E-state index contributed by atoms with van der Waals surface area (Å²) in [6, 6.07) is 1.39. The Morgan fingerprint density at radius 2 is 2.04 bits per heavy atom. The Balaban J connectivity index is 1.52. The number of hydrogen-bond donors (Lipinski definition) is 2. The molecule has 0 spiro atoms. The summed E-state index contributed by atoms with van der Waals surface area (Å²) in [5, 5.41) is 0. The maximum absolute atomic E-state index is 13.2. The molecule has 3 aliphatic rings. The fourth-order valence-corrected chi connectivity index (χ4v) is 4.19. The number of aromatic amines is 2. The molecular weight excluding hydrogens is 328 g/mol. The summed E-state index contributed by atoms with van der Waals surface area (Å²) in [6.45, 7) is 5.11. The number of carbonyl (C=O) groups excluding carboxylic acids is 1. The van der Waals surface area contributed by atoms with Crippen LogP contribution in [0.1, 0.15) is 5.69 Å². The van der Waals surface area contributed by atoms with E-state index in [4.69, 9.17) is 9.47 Å². The molecule has 3 saturated heterocycles. The zero-order valence-corrected chi connectivity index (χ0v) is 14.0. The van der Waals surface area contributed by atoms with Gasteiger partial charge in [0.1, 0.15) is 0 Å². The molecule has 25 heavy (non-hydrogen) atoms. The molecule has 4 heterocycles. The Kier molecular flexibility index (Phi) is 4.22. The third kappa shape index (κ3) is 3.03. The molecule has 2 atom stereocenters. The topological polar surface area (TPSA) is 108 Å². The van der Waals surface area contributed by atoms with Crippen LogP contribution in [0.3, 0.4) is 0 Å². The number of ether oxygens (including phenoxy) is 2. The van der Waals surface area contributed by atoms with Gasteiger partial charge < -0.3 is 19.4 Å². The van der Waals surface area contributed by atoms with Crippen LogP contribution in [0.5, 0.6) is 0 Å². The highest BCUT2D eigenvalue weighted by Gasteiger charge is 2.56. The van der Waals surface area contributed by atoms with Gasteiger partial charge in [0.2, 0.25) is 5.91 Å². The van der Waals surface area contributed by atoms with Crippen molar-refractivity contribution in [2.75, 3.05) is 52.6 Å². The highest BCUT2D eigenvalue weighted by molar-refractivity contribution is 5.84. The largest absolute Gasteiger partial charge is 0.380 e. The molecule has 0 aromatic carbocycles. The van der Waals surface area contributed by atoms with E-state index in [2.05, 4.69) is 14.9 Å². The second-order valence-electron chi connectivity index (χ2n) is 7.06. The summed E-state index contributed by atoms with van der Waals surface area (Å²) < 4.78 is 11.0. The van der Waals surface area contributed by atoms with Gasteiger partial charge in [-0.25, -0.2) is 4.79 Å². The molecule has 0 aliphatic carbocycles. The van der Waals surface area contributed by atoms with E-state index < -0.39 is 16.7 Å². The molecule has 1 aromatic rings. The van der Waals surface area contributed by atoms with Gasteiger partial charge in [-0.05, 0) is 0 Å². The van der Waals surface area contributed by atoms with Crippen LogP contribution >= 0.6 is 0 Å². The molecule has 1 amide bonds. The Morgan fingerprint density at radius 3 is 2.80 bits per heavy atom. The minimum Gasteiger partial charge on any atom is -0.380 e. The second-order valence-corrected chi connectivity index (χ2v) is 7.06. The summed E-state index contributed by atoms with van der Waals surface area (Å²) in [5.74, 6) is 0.275. The lowest BCUT2D eigenvalue weighted by molar-refractivity contribution is -0.147. The number of morpholine rings is 1. The van der Waals surface area contributed by atoms with Crippen LogP contribution in [0.4, 0.5) is 0 Å². The lowest BCUT2D eigenvalue weighted by Gasteiger charge is -2.35. The van der Waals surface area contributed by atoms with Crippen molar-refractivity contribution in [2.45, 2.75) is 6.54 Å². The number of rotatable bonds is 3. The molecule has 9 nitrogen and oxygen atoms in total. The minimum absolute atomic E-state index is 0.136. The fourth-order valence-electron chi connectivity index (χ4n) is 4.19. The summed E-state index contributed by atoms with van der Waals surface area (Å²) in [7, 11) is 0. The summed E-state index contributed by atoms with van der Waals surface area (Å²) in [6.07, 6.45) is 0. The zero-order chi connectivity index (χ0) is 17.4. The predicted octanol–water partition coefficient (Wildman–Crippen LogP) is -1.63. The van der Waals surface area contributed by atoms with Crippen molar-refractivity contribution in [3.8, 4) is 0 Å². The number of amides is 1. The highest BCUT2D eigenvalue weighted by atomic mass is 16.5. The van der Waals surface area contributed by atoms with Gasteiger partial charge in [-0.3, -0.25) is 19.5 Å². The Bertz CT molecular complexity index is 740. The first-order valence-corrected chi connectivity index (χ1v) is 8.57. The molecule has 9 heteroatoms. The number of aromatic nitrogens is 2. The van der Waals surface area contributed by atoms with Gasteiger partial charge in [0, 0.05) is 50.4 Å². The van der Waals surface area contributed by atoms with Crippen molar-refractivity contribution in [2.24, 2.45) is 11.3 Å². The third-order valence-electron chi connectivity index (χ3n) is 5.38. The maximum Gasteiger partial charge on any atom is 0.325 e. The predicted molar refractivity (Wildman–Crippen MR) is 87.1 cm³/mol. The smallest absolute Gasteiger partial charge is 0.325 e. The van der Waals surface area contributed by atoms with Gasteiger partial charge in [0.15, 0.2) is 0 Å². The van der Waals surface area contributed by atoms with Crippen LogP contribution in [0.25, 0.3) is 0 Å². The number of fused-ring (bicyclic) bond motifs is 1. The molecule has 0 bridgehead atoms. The number of nitrogens with zero attached hydrogens (tertiary/aromatic N) is 2. The van der Waals surface area contributed by atoms with E-state index in [0.717, 1.165) is 0 Å². The number of likely N-dealkylation sites (tertiary alicyclic amines) is 1. The minimum atomic E-state index is -0.529. The van der Waals surface area contributed by atoms with E-state index in [9.17, 15) is 14.4 Å². The summed E-state index contributed by atoms with van der Waals surface area (Å²) >= 11 is 0. The number of H-pyrrole nitrogens is 2. The van der Waals surface area contributed by atoms with Gasteiger partial charge >= 0.3 is 5.69 Å². The van der Waals surface area contributed by atoms with Crippen LogP contribution in [-0.4, -0.2) is 78.3 Å². The van der Waals surface area contributed by atoms with Crippen molar-refractivity contribution < 1.29 is 14.3 Å². The van der Waals surface area contributed by atoms with Crippen molar-refractivity contribution >= 4 is 5.91 Å². The molecule has 0 unspecified atom stereocenters. The fraction of sp³-hybridized carbons (Fsp3) is 0.688. The SMILES string of the molecule is O=C(N1CCOCC1)[C@]12COC[C@H]1CN(Cc1cc(=O)[nH]c(=O)[nH]1)C2. The molecule has 4 rings (SSSR count). The average molecular weight is 350 g/mol. The first kappa shape index (κ1) is 16.5. The molecule has 136 valence electrons. The van der Waals surface area contributed by atoms with Crippen molar-refractivity contribution in [3.05, 3.63) is 32.6 Å². The summed E-state index contributed by atoms with van der Waals surface area (Å²) in [5.41, 5.74) is -0.896. The molecule has 0 saturated carbocycles. The third-order valence-corrected chi connectivity index (χ3v) is 5.38. The molecule has 1 aromatic heterocycles. The zero-order valence-electron chi connectivity index (χ0n) is 14.0. The van der Waals surface area contributed by atoms with E-state index in [1.807, 2.05) is 4.90 Å². The molecule has 2 N–H and O–H groups in total. The van der Waals surface area contributed by atoms with E-state index >= 15 is 0 Å². The van der Waals surface area contributed by atoms with Crippen LogP contribution in [0, 0.1) is 11.3 Å². The molecule has 3 fully saturated rings. The standard InChI is InChI=1S/C16H22N4O5/c21-13-5-12(17-15(23)18-13)7-19-6-11-8-25-10-16(11,9-19)14(22)20-1-3-24-4-2-20/h5,11H,1-4,6-10H2,(H2,17,18,21,23)/t11-,16-/m1/s1. The highest BCUT2D eigenvalue weighted by Crippen LogP contribution is 2.43. The maximum atomic E-state index is 13.2. The van der Waals surface area contributed by atoms with Gasteiger partial charge in [0.05, 0.1) is 31.8 Å². The number of hydrogen-bond acceptors (Lipinski definition) is 6. The number of carbonyl (C=O) groups is 1. The average Bonchev–Trinajstić information content (AvgIpc) is 3.11. The normalized spacial score (nSPS) is 29.8. The number of nitrogens with one attached hydrogen (secondary N) is 2. The van der Waals surface area contributed by atoms with Gasteiger partial charge in [-0.15, -0.1) is 0 Å². The second kappa shape index (κ2) is 6.40. The molecular formula is C16H22N4O5. The van der Waals surface area contributed by atoms with E-state index in [1.54, 1.807) is 0 Å². The van der Waals surface area contributed by atoms with Crippen LogP contribution in [0.2, 0.25) is 0 Å². The van der Waals surface area contributed by atoms with Crippen molar-refractivity contribution in [3.63, 3.8) is 0 Å². The first-order valence-electron chi connectivity index (χ1n) is 8.57. The summed E-state index contributed by atoms with van der Waals surface area (Å²) in [4.78, 5) is 44.9.